The predicted molar refractivity (Wildman–Crippen MR) is 93.2 cm³/mol. The average Bonchev–Trinajstić information content (AvgIpc) is 2.45. The van der Waals surface area contributed by atoms with Crippen LogP contribution in [0.5, 0.6) is 0 Å². The molecule has 0 radical (unpaired) electrons. The first kappa shape index (κ1) is 17.0. The number of amides is 1. The van der Waals surface area contributed by atoms with E-state index in [4.69, 9.17) is 0 Å². The molecule has 1 amide bonds. The molecule has 3 heteroatoms. The van der Waals surface area contributed by atoms with E-state index in [1.165, 1.54) is 5.56 Å². The highest BCUT2D eigenvalue weighted by atomic mass is 16.2. The van der Waals surface area contributed by atoms with E-state index < -0.39 is 0 Å². The lowest BCUT2D eigenvalue weighted by molar-refractivity contribution is -0.120. The lowest BCUT2D eigenvalue weighted by atomic mass is 10.0. The molecule has 0 saturated carbocycles. The second-order valence-electron chi connectivity index (χ2n) is 7.26. The summed E-state index contributed by atoms with van der Waals surface area (Å²) in [6.07, 6.45) is 2.15. The Morgan fingerprint density at radius 3 is 2.41 bits per heavy atom. The SMILES string of the molecule is CC(C)CN(CC(=O)N1CCCc2ccccc21)CC(C)C. The van der Waals surface area contributed by atoms with Gasteiger partial charge in [0.2, 0.25) is 5.91 Å². The van der Waals surface area contributed by atoms with Crippen LogP contribution in [0, 0.1) is 11.8 Å². The molecule has 3 nitrogen and oxygen atoms in total. The second-order valence-corrected chi connectivity index (χ2v) is 7.26. The van der Waals surface area contributed by atoms with Crippen LogP contribution in [0.2, 0.25) is 0 Å². The van der Waals surface area contributed by atoms with Crippen molar-refractivity contribution in [1.82, 2.24) is 4.90 Å². The van der Waals surface area contributed by atoms with Crippen LogP contribution in [0.15, 0.2) is 24.3 Å². The van der Waals surface area contributed by atoms with Gasteiger partial charge in [0.25, 0.3) is 0 Å². The molecule has 0 atom stereocenters. The number of carbonyl (C=O) groups is 1. The van der Waals surface area contributed by atoms with Gasteiger partial charge in [-0.2, -0.15) is 0 Å². The van der Waals surface area contributed by atoms with Crippen LogP contribution in [0.3, 0.4) is 0 Å². The Morgan fingerprint density at radius 1 is 1.14 bits per heavy atom. The second kappa shape index (κ2) is 7.77. The van der Waals surface area contributed by atoms with Crippen LogP contribution in [0.1, 0.15) is 39.7 Å². The van der Waals surface area contributed by atoms with Crippen LogP contribution in [-0.4, -0.2) is 37.0 Å². The molecule has 22 heavy (non-hydrogen) atoms. The number of hydrogen-bond acceptors (Lipinski definition) is 2. The maximum Gasteiger partial charge on any atom is 0.241 e. The number of para-hydroxylation sites is 1. The molecule has 0 spiro atoms. The van der Waals surface area contributed by atoms with Gasteiger partial charge in [0, 0.05) is 25.3 Å². The molecule has 1 aliphatic rings. The summed E-state index contributed by atoms with van der Waals surface area (Å²) in [7, 11) is 0. The Labute approximate surface area is 135 Å². The van der Waals surface area contributed by atoms with Crippen LogP contribution < -0.4 is 4.90 Å². The van der Waals surface area contributed by atoms with Crippen molar-refractivity contribution in [2.45, 2.75) is 40.5 Å². The van der Waals surface area contributed by atoms with Crippen molar-refractivity contribution in [3.8, 4) is 0 Å². The Morgan fingerprint density at radius 2 is 1.77 bits per heavy atom. The quantitative estimate of drug-likeness (QED) is 0.802. The summed E-state index contributed by atoms with van der Waals surface area (Å²) in [6.45, 7) is 12.2. The van der Waals surface area contributed by atoms with Crippen LogP contribution in [0.4, 0.5) is 5.69 Å². The van der Waals surface area contributed by atoms with Gasteiger partial charge >= 0.3 is 0 Å². The minimum absolute atomic E-state index is 0.244. The topological polar surface area (TPSA) is 23.6 Å². The molecule has 0 unspecified atom stereocenters. The lowest BCUT2D eigenvalue weighted by Crippen LogP contribution is -2.44. The number of anilines is 1. The predicted octanol–water partition coefficient (Wildman–Crippen LogP) is 3.58. The summed E-state index contributed by atoms with van der Waals surface area (Å²) >= 11 is 0. The van der Waals surface area contributed by atoms with Gasteiger partial charge in [0.05, 0.1) is 6.54 Å². The third kappa shape index (κ3) is 4.57. The fourth-order valence-corrected chi connectivity index (χ4v) is 3.31. The third-order valence-electron chi connectivity index (χ3n) is 4.02. The van der Waals surface area contributed by atoms with Gasteiger partial charge in [-0.15, -0.1) is 0 Å². The smallest absolute Gasteiger partial charge is 0.241 e. The molecule has 0 aromatic heterocycles. The molecule has 122 valence electrons. The first-order valence-electron chi connectivity index (χ1n) is 8.58. The van der Waals surface area contributed by atoms with Gasteiger partial charge in [0.15, 0.2) is 0 Å². The fourth-order valence-electron chi connectivity index (χ4n) is 3.31. The van der Waals surface area contributed by atoms with Crippen molar-refractivity contribution in [3.05, 3.63) is 29.8 Å². The van der Waals surface area contributed by atoms with E-state index in [1.807, 2.05) is 11.0 Å². The van der Waals surface area contributed by atoms with E-state index in [0.717, 1.165) is 38.2 Å². The number of nitrogens with zero attached hydrogens (tertiary/aromatic N) is 2. The zero-order valence-corrected chi connectivity index (χ0v) is 14.5. The molecule has 0 N–H and O–H groups in total. The van der Waals surface area contributed by atoms with Gasteiger partial charge in [-0.25, -0.2) is 0 Å². The molecule has 2 rings (SSSR count). The summed E-state index contributed by atoms with van der Waals surface area (Å²) in [6, 6.07) is 8.33. The molecule has 0 fully saturated rings. The number of carbonyl (C=O) groups excluding carboxylic acids is 1. The minimum Gasteiger partial charge on any atom is -0.311 e. The average molecular weight is 302 g/mol. The summed E-state index contributed by atoms with van der Waals surface area (Å²) in [5.41, 5.74) is 2.43. The van der Waals surface area contributed by atoms with Crippen molar-refractivity contribution < 1.29 is 4.79 Å². The highest BCUT2D eigenvalue weighted by Crippen LogP contribution is 2.26. The number of aryl methyl sites for hydroxylation is 1. The van der Waals surface area contributed by atoms with Gasteiger partial charge in [-0.3, -0.25) is 9.69 Å². The van der Waals surface area contributed by atoms with E-state index in [0.29, 0.717) is 18.4 Å². The van der Waals surface area contributed by atoms with Crippen LogP contribution >= 0.6 is 0 Å². The molecule has 0 saturated heterocycles. The highest BCUT2D eigenvalue weighted by Gasteiger charge is 2.24. The molecule has 1 aromatic carbocycles. The number of fused-ring (bicyclic) bond motifs is 1. The molecule has 0 bridgehead atoms. The minimum atomic E-state index is 0.244. The molecule has 1 aromatic rings. The van der Waals surface area contributed by atoms with Crippen molar-refractivity contribution in [3.63, 3.8) is 0 Å². The molecular formula is C19H30N2O. The molecule has 1 aliphatic heterocycles. The Kier molecular flexibility index (Phi) is 6.01. The standard InChI is InChI=1S/C19H30N2O/c1-15(2)12-20(13-16(3)4)14-19(22)21-11-7-9-17-8-5-6-10-18(17)21/h5-6,8,10,15-16H,7,9,11-14H2,1-4H3. The highest BCUT2D eigenvalue weighted by molar-refractivity contribution is 5.95. The molecule has 1 heterocycles. The van der Waals surface area contributed by atoms with Gasteiger partial charge in [-0.05, 0) is 36.3 Å². The fraction of sp³-hybridized carbons (Fsp3) is 0.632. The summed E-state index contributed by atoms with van der Waals surface area (Å²) < 4.78 is 0. The number of hydrogen-bond donors (Lipinski definition) is 0. The number of rotatable bonds is 6. The van der Waals surface area contributed by atoms with E-state index in [-0.39, 0.29) is 5.91 Å². The largest absolute Gasteiger partial charge is 0.311 e. The lowest BCUT2D eigenvalue weighted by Gasteiger charge is -2.32. The Balaban J connectivity index is 2.07. The van der Waals surface area contributed by atoms with Gasteiger partial charge < -0.3 is 4.90 Å². The summed E-state index contributed by atoms with van der Waals surface area (Å²) in [5.74, 6) is 1.41. The Bertz CT molecular complexity index is 486. The summed E-state index contributed by atoms with van der Waals surface area (Å²) in [4.78, 5) is 17.1. The van der Waals surface area contributed by atoms with Crippen molar-refractivity contribution in [2.75, 3.05) is 31.1 Å². The van der Waals surface area contributed by atoms with E-state index in [2.05, 4.69) is 50.8 Å². The van der Waals surface area contributed by atoms with Gasteiger partial charge in [-0.1, -0.05) is 45.9 Å². The van der Waals surface area contributed by atoms with Crippen LogP contribution in [0.25, 0.3) is 0 Å². The van der Waals surface area contributed by atoms with E-state index in [9.17, 15) is 4.79 Å². The van der Waals surface area contributed by atoms with Gasteiger partial charge in [0.1, 0.15) is 0 Å². The molecular weight excluding hydrogens is 272 g/mol. The third-order valence-corrected chi connectivity index (χ3v) is 4.02. The Hall–Kier alpha value is -1.35. The van der Waals surface area contributed by atoms with Crippen molar-refractivity contribution in [2.24, 2.45) is 11.8 Å². The normalized spacial score (nSPS) is 14.8. The van der Waals surface area contributed by atoms with Crippen LogP contribution in [-0.2, 0) is 11.2 Å². The van der Waals surface area contributed by atoms with E-state index >= 15 is 0 Å². The van der Waals surface area contributed by atoms with Crippen molar-refractivity contribution in [1.29, 1.82) is 0 Å². The molecule has 0 aliphatic carbocycles. The first-order valence-corrected chi connectivity index (χ1v) is 8.58. The van der Waals surface area contributed by atoms with E-state index in [1.54, 1.807) is 0 Å². The van der Waals surface area contributed by atoms with Crippen molar-refractivity contribution >= 4 is 11.6 Å². The first-order chi connectivity index (χ1) is 10.5. The zero-order valence-electron chi connectivity index (χ0n) is 14.5. The number of benzene rings is 1. The maximum absolute atomic E-state index is 12.8. The zero-order chi connectivity index (χ0) is 16.1. The maximum atomic E-state index is 12.8. The summed E-state index contributed by atoms with van der Waals surface area (Å²) in [5, 5.41) is 0. The monoisotopic (exact) mass is 302 g/mol.